The van der Waals surface area contributed by atoms with E-state index in [4.69, 9.17) is 4.98 Å². The molecule has 1 aliphatic heterocycles. The van der Waals surface area contributed by atoms with Crippen LogP contribution in [0.3, 0.4) is 0 Å². The van der Waals surface area contributed by atoms with E-state index < -0.39 is 5.41 Å². The number of fused-ring (bicyclic) bond motifs is 6. The number of aliphatic hydroxyl groups excluding tert-OH is 1. The SMILES string of the molecule is CC(C)C(C)(C(=O)/C=C(\O)C(C)(C(C)C)C(C)C)C(C)C.Cc1cc(C)c2c(C)cc(-c3[c-]ccc4c3C(C)(C)C3c5cc(CC(C)C)ccc5SC43)nc2c1.[Ir]. The van der Waals surface area contributed by atoms with Crippen molar-refractivity contribution in [2.75, 3.05) is 0 Å². The second kappa shape index (κ2) is 17.5. The molecule has 2 unspecified atom stereocenters. The number of nitrogens with zero attached hydrogens (tertiary/aromatic N) is 1. The molecular formula is C52H70IrNO2S-. The Balaban J connectivity index is 0.000000285. The number of ketones is 1. The predicted octanol–water partition coefficient (Wildman–Crippen LogP) is 14.7. The van der Waals surface area contributed by atoms with Gasteiger partial charge in [-0.3, -0.25) is 9.78 Å². The molecule has 57 heavy (non-hydrogen) atoms. The van der Waals surface area contributed by atoms with Crippen LogP contribution < -0.4 is 0 Å². The Kier molecular flexibility index (Phi) is 14.4. The molecule has 2 aliphatic rings. The number of carbonyl (C=O) groups excluding carboxylic acids is 1. The van der Waals surface area contributed by atoms with Crippen molar-refractivity contribution in [2.45, 2.75) is 146 Å². The molecule has 0 spiro atoms. The summed E-state index contributed by atoms with van der Waals surface area (Å²) in [4.78, 5) is 19.5. The molecule has 4 aromatic rings. The summed E-state index contributed by atoms with van der Waals surface area (Å²) in [5.74, 6) is 2.42. The van der Waals surface area contributed by atoms with Crippen LogP contribution in [0.25, 0.3) is 22.2 Å². The van der Waals surface area contributed by atoms with E-state index in [1.54, 1.807) is 5.56 Å². The van der Waals surface area contributed by atoms with Crippen molar-refractivity contribution in [2.24, 2.45) is 40.4 Å². The maximum atomic E-state index is 12.8. The molecule has 1 aliphatic carbocycles. The summed E-state index contributed by atoms with van der Waals surface area (Å²) < 4.78 is 0. The molecule has 1 aromatic heterocycles. The number of hydrogen-bond donors (Lipinski definition) is 1. The molecule has 2 atom stereocenters. The molecule has 0 bridgehead atoms. The minimum Gasteiger partial charge on any atom is -0.512 e. The van der Waals surface area contributed by atoms with Gasteiger partial charge in [0.15, 0.2) is 5.78 Å². The van der Waals surface area contributed by atoms with Crippen molar-refractivity contribution < 1.29 is 30.0 Å². The van der Waals surface area contributed by atoms with E-state index in [0.29, 0.717) is 17.1 Å². The van der Waals surface area contributed by atoms with Gasteiger partial charge >= 0.3 is 0 Å². The Hall–Kier alpha value is -2.72. The molecule has 0 fully saturated rings. The number of allylic oxidation sites excluding steroid dienone is 2. The number of benzene rings is 3. The van der Waals surface area contributed by atoms with Crippen molar-refractivity contribution >= 4 is 28.4 Å². The van der Waals surface area contributed by atoms with Gasteiger partial charge in [0.25, 0.3) is 0 Å². The normalized spacial score (nSPS) is 17.5. The first-order chi connectivity index (χ1) is 26.0. The zero-order valence-electron chi connectivity index (χ0n) is 38.0. The number of hydrogen-bond acceptors (Lipinski definition) is 4. The van der Waals surface area contributed by atoms with Crippen molar-refractivity contribution in [1.29, 1.82) is 0 Å². The molecule has 3 aromatic carbocycles. The fourth-order valence-electron chi connectivity index (χ4n) is 9.77. The van der Waals surface area contributed by atoms with Crippen LogP contribution in [0.1, 0.15) is 147 Å². The molecule has 3 nitrogen and oxygen atoms in total. The van der Waals surface area contributed by atoms with Crippen LogP contribution in [-0.4, -0.2) is 15.9 Å². The van der Waals surface area contributed by atoms with E-state index >= 15 is 0 Å². The zero-order chi connectivity index (χ0) is 41.8. The largest absolute Gasteiger partial charge is 0.512 e. The number of aromatic nitrogens is 1. The van der Waals surface area contributed by atoms with Gasteiger partial charge in [0.1, 0.15) is 5.76 Å². The number of rotatable bonds is 10. The van der Waals surface area contributed by atoms with E-state index in [1.165, 1.54) is 55.3 Å². The maximum Gasteiger partial charge on any atom is 0.165 e. The molecule has 0 saturated carbocycles. The minimum absolute atomic E-state index is 0. The van der Waals surface area contributed by atoms with Crippen LogP contribution in [0.2, 0.25) is 0 Å². The van der Waals surface area contributed by atoms with Gasteiger partial charge in [-0.25, -0.2) is 0 Å². The molecular weight excluding hydrogens is 895 g/mol. The van der Waals surface area contributed by atoms with Crippen LogP contribution in [0.4, 0.5) is 0 Å². The minimum atomic E-state index is -0.442. The maximum absolute atomic E-state index is 12.8. The van der Waals surface area contributed by atoms with Crippen molar-refractivity contribution in [1.82, 2.24) is 4.98 Å². The van der Waals surface area contributed by atoms with Crippen LogP contribution in [-0.2, 0) is 36.7 Å². The van der Waals surface area contributed by atoms with Crippen molar-refractivity contribution in [3.63, 3.8) is 0 Å². The van der Waals surface area contributed by atoms with E-state index in [2.05, 4.69) is 170 Å². The van der Waals surface area contributed by atoms with E-state index in [0.717, 1.165) is 17.6 Å². The third-order valence-corrected chi connectivity index (χ3v) is 15.6. The number of aliphatic hydroxyl groups is 1. The quantitative estimate of drug-likeness (QED) is 0.0977. The van der Waals surface area contributed by atoms with Gasteiger partial charge < -0.3 is 5.11 Å². The molecule has 6 rings (SSSR count). The Morgan fingerprint density at radius 2 is 1.42 bits per heavy atom. The number of pyridine rings is 1. The summed E-state index contributed by atoms with van der Waals surface area (Å²) in [7, 11) is 0. The number of thioether (sulfide) groups is 1. The fraction of sp³-hybridized carbons (Fsp3) is 0.538. The topological polar surface area (TPSA) is 50.2 Å². The average molecular weight is 965 g/mol. The third-order valence-electron chi connectivity index (χ3n) is 14.2. The fourth-order valence-corrected chi connectivity index (χ4v) is 11.5. The summed E-state index contributed by atoms with van der Waals surface area (Å²) in [5.41, 5.74) is 12.3. The smallest absolute Gasteiger partial charge is 0.165 e. The van der Waals surface area contributed by atoms with Gasteiger partial charge in [-0.05, 0) is 108 Å². The standard InChI is InChI=1S/C33H34NS.C19H36O2.Ir/c1-18(2)13-22-11-12-28-25(17-22)31-32(35-28)24-10-8-9-23(30(24)33(31,6)7)26-16-21(5)29-20(4)14-19(3)15-27(29)34-26;1-12(2)18(9,13(3)4)16(20)11-17(21)19(10,14(5)6)15(7)8;/h8,10-12,14-18,31-32H,13H2,1-7H3;11-15,20H,1-10H3;/q-1;;/b;16-11-;. The van der Waals surface area contributed by atoms with E-state index in [9.17, 15) is 9.90 Å². The van der Waals surface area contributed by atoms with Gasteiger partial charge in [0.05, 0.1) is 5.52 Å². The van der Waals surface area contributed by atoms with Crippen LogP contribution >= 0.6 is 11.8 Å². The van der Waals surface area contributed by atoms with E-state index in [-0.39, 0.29) is 66.1 Å². The monoisotopic (exact) mass is 965 g/mol. The first kappa shape index (κ1) is 47.0. The first-order valence-corrected chi connectivity index (χ1v) is 22.0. The Labute approximate surface area is 364 Å². The summed E-state index contributed by atoms with van der Waals surface area (Å²) >= 11 is 2.06. The second-order valence-corrected chi connectivity index (χ2v) is 21.0. The first-order valence-electron chi connectivity index (χ1n) is 21.2. The number of aryl methyl sites for hydroxylation is 3. The van der Waals surface area contributed by atoms with Gasteiger partial charge in [0, 0.05) is 58.5 Å². The summed E-state index contributed by atoms with van der Waals surface area (Å²) in [6.45, 7) is 36.8. The predicted molar refractivity (Wildman–Crippen MR) is 241 cm³/mol. The van der Waals surface area contributed by atoms with Crippen LogP contribution in [0, 0.1) is 67.3 Å². The van der Waals surface area contributed by atoms with Gasteiger partial charge in [-0.15, -0.1) is 46.7 Å². The molecule has 0 saturated heterocycles. The molecule has 0 amide bonds. The Morgan fingerprint density at radius 3 is 1.98 bits per heavy atom. The summed E-state index contributed by atoms with van der Waals surface area (Å²) in [6, 6.07) is 22.1. The Bertz CT molecular complexity index is 2120. The van der Waals surface area contributed by atoms with Crippen LogP contribution in [0.15, 0.2) is 65.3 Å². The van der Waals surface area contributed by atoms with Crippen LogP contribution in [0.5, 0.6) is 0 Å². The zero-order valence-corrected chi connectivity index (χ0v) is 41.2. The summed E-state index contributed by atoms with van der Waals surface area (Å²) in [6.07, 6.45) is 2.64. The van der Waals surface area contributed by atoms with Gasteiger partial charge in [-0.1, -0.05) is 121 Å². The Morgan fingerprint density at radius 1 is 0.842 bits per heavy atom. The van der Waals surface area contributed by atoms with Gasteiger partial charge in [0.2, 0.25) is 0 Å². The third kappa shape index (κ3) is 8.51. The molecule has 5 heteroatoms. The van der Waals surface area contributed by atoms with Gasteiger partial charge in [-0.2, -0.15) is 0 Å². The second-order valence-electron chi connectivity index (χ2n) is 19.8. The summed E-state index contributed by atoms with van der Waals surface area (Å²) in [5, 5.41) is 12.4. The number of carbonyl (C=O) groups is 1. The molecule has 1 radical (unpaired) electrons. The van der Waals surface area contributed by atoms with Crippen molar-refractivity contribution in [3.8, 4) is 11.3 Å². The average Bonchev–Trinajstić information content (AvgIpc) is 3.59. The van der Waals surface area contributed by atoms with Crippen molar-refractivity contribution in [3.05, 3.63) is 105 Å². The molecule has 1 N–H and O–H groups in total. The molecule has 2 heterocycles. The molecule has 311 valence electrons. The van der Waals surface area contributed by atoms with E-state index in [1.807, 2.05) is 13.8 Å².